The Balaban J connectivity index is 2.49. The molecule has 1 aliphatic rings. The quantitative estimate of drug-likeness (QED) is 0.781. The molecule has 1 aliphatic carbocycles. The molecule has 100 valence electrons. The molecule has 0 atom stereocenters. The van der Waals surface area contributed by atoms with E-state index in [1.807, 2.05) is 0 Å². The fourth-order valence-corrected chi connectivity index (χ4v) is 3.25. The molecule has 0 spiro atoms. The third-order valence-electron chi connectivity index (χ3n) is 3.71. The van der Waals surface area contributed by atoms with Gasteiger partial charge in [0.25, 0.3) is 0 Å². The van der Waals surface area contributed by atoms with E-state index in [-0.39, 0.29) is 17.0 Å². The van der Waals surface area contributed by atoms with Gasteiger partial charge in [-0.05, 0) is 19.3 Å². The van der Waals surface area contributed by atoms with Crippen LogP contribution in [-0.2, 0) is 14.6 Å². The maximum Gasteiger partial charge on any atom is 0.147 e. The molecule has 0 amide bonds. The van der Waals surface area contributed by atoms with E-state index in [0.29, 0.717) is 19.4 Å². The van der Waals surface area contributed by atoms with Gasteiger partial charge in [0.05, 0.1) is 5.75 Å². The molecule has 0 aromatic carbocycles. The second kappa shape index (κ2) is 5.96. The van der Waals surface area contributed by atoms with Crippen molar-refractivity contribution in [1.29, 1.82) is 0 Å². The van der Waals surface area contributed by atoms with Crippen molar-refractivity contribution in [2.45, 2.75) is 44.9 Å². The standard InChI is InChI=1S/C12H23NO3S/c1-17(15,16)9-5-6-11(14)12(10-13)7-3-2-4-8-12/h2-10,13H2,1H3. The van der Waals surface area contributed by atoms with Crippen LogP contribution in [0.4, 0.5) is 0 Å². The Hall–Kier alpha value is -0.420. The van der Waals surface area contributed by atoms with E-state index >= 15 is 0 Å². The molecule has 1 fully saturated rings. The van der Waals surface area contributed by atoms with Crippen molar-refractivity contribution in [2.24, 2.45) is 11.1 Å². The molecule has 0 aliphatic heterocycles. The molecule has 0 aromatic heterocycles. The molecule has 0 aromatic rings. The number of sulfone groups is 1. The van der Waals surface area contributed by atoms with Crippen molar-refractivity contribution in [3.63, 3.8) is 0 Å². The van der Waals surface area contributed by atoms with Gasteiger partial charge in [0.15, 0.2) is 0 Å². The Labute approximate surface area is 104 Å². The van der Waals surface area contributed by atoms with Crippen LogP contribution in [0.2, 0.25) is 0 Å². The average Bonchev–Trinajstić information content (AvgIpc) is 2.28. The van der Waals surface area contributed by atoms with Crippen LogP contribution in [0.15, 0.2) is 0 Å². The molecular formula is C12H23NO3S. The van der Waals surface area contributed by atoms with Crippen molar-refractivity contribution < 1.29 is 13.2 Å². The predicted octanol–water partition coefficient (Wildman–Crippen LogP) is 1.29. The molecule has 0 heterocycles. The Kier molecular flexibility index (Phi) is 5.13. The van der Waals surface area contributed by atoms with Crippen LogP contribution in [-0.4, -0.2) is 32.8 Å². The number of nitrogens with two attached hydrogens (primary N) is 1. The van der Waals surface area contributed by atoms with Crippen LogP contribution < -0.4 is 5.73 Å². The Morgan fingerprint density at radius 1 is 1.24 bits per heavy atom. The molecule has 1 saturated carbocycles. The van der Waals surface area contributed by atoms with E-state index in [9.17, 15) is 13.2 Å². The van der Waals surface area contributed by atoms with E-state index < -0.39 is 9.84 Å². The summed E-state index contributed by atoms with van der Waals surface area (Å²) in [7, 11) is -2.96. The van der Waals surface area contributed by atoms with Crippen LogP contribution in [0.25, 0.3) is 0 Å². The molecule has 2 N–H and O–H groups in total. The van der Waals surface area contributed by atoms with Crippen LogP contribution >= 0.6 is 0 Å². The first kappa shape index (κ1) is 14.6. The molecule has 0 unspecified atom stereocenters. The third-order valence-corrected chi connectivity index (χ3v) is 4.74. The average molecular weight is 261 g/mol. The summed E-state index contributed by atoms with van der Waals surface area (Å²) in [6, 6.07) is 0. The van der Waals surface area contributed by atoms with Crippen LogP contribution in [0.3, 0.4) is 0 Å². The maximum absolute atomic E-state index is 12.2. The van der Waals surface area contributed by atoms with E-state index in [2.05, 4.69) is 0 Å². The number of ketones is 1. The lowest BCUT2D eigenvalue weighted by atomic mass is 9.70. The molecule has 1 rings (SSSR count). The summed E-state index contributed by atoms with van der Waals surface area (Å²) in [5.41, 5.74) is 5.41. The minimum atomic E-state index is -2.96. The second-order valence-corrected chi connectivity index (χ2v) is 7.46. The van der Waals surface area contributed by atoms with E-state index in [1.54, 1.807) is 0 Å². The summed E-state index contributed by atoms with van der Waals surface area (Å²) < 4.78 is 22.0. The van der Waals surface area contributed by atoms with Gasteiger partial charge in [-0.2, -0.15) is 0 Å². The number of hydrogen-bond acceptors (Lipinski definition) is 4. The third kappa shape index (κ3) is 4.39. The van der Waals surface area contributed by atoms with Gasteiger partial charge in [-0.3, -0.25) is 4.79 Å². The number of carbonyl (C=O) groups excluding carboxylic acids is 1. The lowest BCUT2D eigenvalue weighted by Crippen LogP contribution is -2.40. The van der Waals surface area contributed by atoms with Crippen LogP contribution in [0.1, 0.15) is 44.9 Å². The van der Waals surface area contributed by atoms with Gasteiger partial charge in [-0.25, -0.2) is 8.42 Å². The smallest absolute Gasteiger partial charge is 0.147 e. The predicted molar refractivity (Wildman–Crippen MR) is 68.5 cm³/mol. The van der Waals surface area contributed by atoms with Gasteiger partial charge in [0.2, 0.25) is 0 Å². The van der Waals surface area contributed by atoms with Crippen molar-refractivity contribution in [3.8, 4) is 0 Å². The topological polar surface area (TPSA) is 77.2 Å². The molecule has 0 bridgehead atoms. The summed E-state index contributed by atoms with van der Waals surface area (Å²) in [6.07, 6.45) is 7.05. The normalized spacial score (nSPS) is 20.1. The van der Waals surface area contributed by atoms with Gasteiger partial charge in [-0.1, -0.05) is 19.3 Å². The largest absolute Gasteiger partial charge is 0.329 e. The SMILES string of the molecule is CS(=O)(=O)CCCC(=O)C1(CN)CCCCC1. The number of hydrogen-bond donors (Lipinski definition) is 1. The van der Waals surface area contributed by atoms with Gasteiger partial charge in [0, 0.05) is 24.6 Å². The Morgan fingerprint density at radius 2 is 1.82 bits per heavy atom. The zero-order chi connectivity index (χ0) is 12.9. The summed E-state index contributed by atoms with van der Waals surface area (Å²) in [4.78, 5) is 12.2. The highest BCUT2D eigenvalue weighted by molar-refractivity contribution is 7.90. The molecule has 0 saturated heterocycles. The van der Waals surface area contributed by atoms with E-state index in [4.69, 9.17) is 5.73 Å². The van der Waals surface area contributed by atoms with Gasteiger partial charge in [-0.15, -0.1) is 0 Å². The lowest BCUT2D eigenvalue weighted by molar-refractivity contribution is -0.130. The molecule has 4 nitrogen and oxygen atoms in total. The minimum absolute atomic E-state index is 0.0966. The fourth-order valence-electron chi connectivity index (χ4n) is 2.59. The van der Waals surface area contributed by atoms with Gasteiger partial charge >= 0.3 is 0 Å². The summed E-state index contributed by atoms with van der Waals surface area (Å²) in [5.74, 6) is 0.266. The van der Waals surface area contributed by atoms with Crippen molar-refractivity contribution in [1.82, 2.24) is 0 Å². The maximum atomic E-state index is 12.2. The molecule has 17 heavy (non-hydrogen) atoms. The lowest BCUT2D eigenvalue weighted by Gasteiger charge is -2.34. The number of Topliss-reactive ketones (excluding diaryl/α,β-unsaturated/α-hetero) is 1. The summed E-state index contributed by atoms with van der Waals surface area (Å²) in [5, 5.41) is 0. The van der Waals surface area contributed by atoms with E-state index in [1.165, 1.54) is 12.7 Å². The van der Waals surface area contributed by atoms with Crippen molar-refractivity contribution in [3.05, 3.63) is 0 Å². The zero-order valence-electron chi connectivity index (χ0n) is 10.6. The first-order chi connectivity index (χ1) is 7.90. The first-order valence-electron chi connectivity index (χ1n) is 6.31. The highest BCUT2D eigenvalue weighted by atomic mass is 32.2. The highest BCUT2D eigenvalue weighted by Crippen LogP contribution is 2.37. The van der Waals surface area contributed by atoms with Crippen molar-refractivity contribution in [2.75, 3.05) is 18.6 Å². The number of carbonyl (C=O) groups is 1. The second-order valence-electron chi connectivity index (χ2n) is 5.20. The monoisotopic (exact) mass is 261 g/mol. The summed E-state index contributed by atoms with van der Waals surface area (Å²) in [6.45, 7) is 0.407. The number of rotatable bonds is 6. The van der Waals surface area contributed by atoms with Crippen LogP contribution in [0.5, 0.6) is 0 Å². The Morgan fingerprint density at radius 3 is 2.29 bits per heavy atom. The first-order valence-corrected chi connectivity index (χ1v) is 8.37. The molecule has 5 heteroatoms. The van der Waals surface area contributed by atoms with Gasteiger partial charge < -0.3 is 5.73 Å². The Bertz CT molecular complexity index is 356. The molecular weight excluding hydrogens is 238 g/mol. The summed E-state index contributed by atoms with van der Waals surface area (Å²) >= 11 is 0. The molecule has 0 radical (unpaired) electrons. The zero-order valence-corrected chi connectivity index (χ0v) is 11.4. The van der Waals surface area contributed by atoms with Crippen LogP contribution in [0, 0.1) is 5.41 Å². The fraction of sp³-hybridized carbons (Fsp3) is 0.917. The van der Waals surface area contributed by atoms with Crippen molar-refractivity contribution >= 4 is 15.6 Å². The van der Waals surface area contributed by atoms with E-state index in [0.717, 1.165) is 25.7 Å². The minimum Gasteiger partial charge on any atom is -0.329 e. The highest BCUT2D eigenvalue weighted by Gasteiger charge is 2.37. The van der Waals surface area contributed by atoms with Gasteiger partial charge in [0.1, 0.15) is 15.6 Å².